The Morgan fingerprint density at radius 3 is 2.47 bits per heavy atom. The fraction of sp³-hybridized carbons (Fsp3) is 0.154. The van der Waals surface area contributed by atoms with Gasteiger partial charge in [-0.3, -0.25) is 0 Å². The first-order valence-electron chi connectivity index (χ1n) is 5.09. The molecule has 0 aliphatic rings. The molecule has 0 aliphatic carbocycles. The number of carboxylic acids is 1. The molecule has 2 aromatic rings. The third-order valence-corrected chi connectivity index (χ3v) is 4.73. The van der Waals surface area contributed by atoms with E-state index in [0.29, 0.717) is 9.35 Å². The van der Waals surface area contributed by atoms with Gasteiger partial charge in [-0.25, -0.2) is 4.79 Å². The van der Waals surface area contributed by atoms with Gasteiger partial charge in [0.1, 0.15) is 4.88 Å². The summed E-state index contributed by atoms with van der Waals surface area (Å²) in [4.78, 5) is 12.3. The molecule has 0 amide bonds. The van der Waals surface area contributed by atoms with Crippen LogP contribution in [0.1, 0.15) is 20.8 Å². The normalized spacial score (nSPS) is 10.5. The summed E-state index contributed by atoms with van der Waals surface area (Å²) in [6.07, 6.45) is 0. The molecular weight excluding hydrogens is 300 g/mol. The smallest absolute Gasteiger partial charge is 0.347 e. The lowest BCUT2D eigenvalue weighted by molar-refractivity contribution is 0.0701. The Bertz CT molecular complexity index is 587. The van der Waals surface area contributed by atoms with E-state index in [4.69, 9.17) is 5.11 Å². The van der Waals surface area contributed by atoms with Crippen LogP contribution in [0.3, 0.4) is 0 Å². The van der Waals surface area contributed by atoms with Crippen molar-refractivity contribution in [3.05, 3.63) is 44.7 Å². The van der Waals surface area contributed by atoms with E-state index in [1.54, 1.807) is 0 Å². The monoisotopic (exact) mass is 310 g/mol. The number of hydrogen-bond acceptors (Lipinski definition) is 2. The number of halogens is 1. The summed E-state index contributed by atoms with van der Waals surface area (Å²) < 4.78 is 0.642. The molecule has 2 rings (SSSR count). The molecule has 0 radical (unpaired) electrons. The predicted octanol–water partition coefficient (Wildman–Crippen LogP) is 4.49. The predicted molar refractivity (Wildman–Crippen MR) is 73.9 cm³/mol. The van der Waals surface area contributed by atoms with E-state index in [1.165, 1.54) is 22.5 Å². The Balaban J connectivity index is 2.50. The minimum Gasteiger partial charge on any atom is -0.477 e. The molecule has 1 N–H and O–H groups in total. The molecule has 0 atom stereocenters. The van der Waals surface area contributed by atoms with Crippen molar-refractivity contribution in [2.75, 3.05) is 0 Å². The van der Waals surface area contributed by atoms with Gasteiger partial charge in [-0.2, -0.15) is 0 Å². The molecule has 0 saturated carbocycles. The van der Waals surface area contributed by atoms with Gasteiger partial charge in [-0.15, -0.1) is 11.3 Å². The van der Waals surface area contributed by atoms with Gasteiger partial charge in [-0.05, 0) is 52.5 Å². The topological polar surface area (TPSA) is 37.3 Å². The quantitative estimate of drug-likeness (QED) is 0.887. The zero-order chi connectivity index (χ0) is 12.6. The first-order valence-corrected chi connectivity index (χ1v) is 6.70. The van der Waals surface area contributed by atoms with Gasteiger partial charge in [0.25, 0.3) is 0 Å². The van der Waals surface area contributed by atoms with Gasteiger partial charge in [0.15, 0.2) is 0 Å². The molecule has 0 fully saturated rings. The summed E-state index contributed by atoms with van der Waals surface area (Å²) in [5.41, 5.74) is 3.51. The summed E-state index contributed by atoms with van der Waals surface area (Å²) in [5, 5.41) is 9.01. The van der Waals surface area contributed by atoms with Crippen molar-refractivity contribution in [3.63, 3.8) is 0 Å². The van der Waals surface area contributed by atoms with Crippen LogP contribution < -0.4 is 0 Å². The van der Waals surface area contributed by atoms with Crippen LogP contribution >= 0.6 is 27.3 Å². The summed E-state index contributed by atoms with van der Waals surface area (Å²) >= 11 is 4.57. The second kappa shape index (κ2) is 4.63. The number of rotatable bonds is 2. The Morgan fingerprint density at radius 2 is 1.94 bits per heavy atom. The minimum absolute atomic E-state index is 0.346. The van der Waals surface area contributed by atoms with Crippen molar-refractivity contribution in [3.8, 4) is 10.4 Å². The highest BCUT2D eigenvalue weighted by Crippen LogP contribution is 2.35. The third-order valence-electron chi connectivity index (χ3n) is 2.67. The van der Waals surface area contributed by atoms with Crippen molar-refractivity contribution in [2.24, 2.45) is 0 Å². The van der Waals surface area contributed by atoms with Crippen LogP contribution in [0.4, 0.5) is 0 Å². The zero-order valence-corrected chi connectivity index (χ0v) is 11.9. The zero-order valence-electron chi connectivity index (χ0n) is 9.45. The van der Waals surface area contributed by atoms with Crippen LogP contribution in [0.25, 0.3) is 10.4 Å². The fourth-order valence-corrected chi connectivity index (χ4v) is 3.23. The SMILES string of the molecule is Cc1ccc(-c2cc(Br)c(C(=O)O)s2)cc1C. The highest BCUT2D eigenvalue weighted by molar-refractivity contribution is 9.10. The Morgan fingerprint density at radius 1 is 1.24 bits per heavy atom. The number of carboxylic acid groups (broad SMARTS) is 1. The summed E-state index contributed by atoms with van der Waals surface area (Å²) in [5.74, 6) is -0.892. The van der Waals surface area contributed by atoms with Gasteiger partial charge in [0.2, 0.25) is 0 Å². The van der Waals surface area contributed by atoms with Crippen molar-refractivity contribution >= 4 is 33.2 Å². The molecule has 1 aromatic heterocycles. The number of thiophene rings is 1. The average molecular weight is 311 g/mol. The maximum atomic E-state index is 11.0. The minimum atomic E-state index is -0.892. The van der Waals surface area contributed by atoms with E-state index in [0.717, 1.165) is 10.4 Å². The average Bonchev–Trinajstić information content (AvgIpc) is 2.64. The first kappa shape index (κ1) is 12.3. The Hall–Kier alpha value is -1.13. The maximum Gasteiger partial charge on any atom is 0.347 e. The largest absolute Gasteiger partial charge is 0.477 e. The number of carbonyl (C=O) groups is 1. The maximum absolute atomic E-state index is 11.0. The second-order valence-corrected chi connectivity index (χ2v) is 5.80. The molecule has 0 saturated heterocycles. The van der Waals surface area contributed by atoms with Crippen LogP contribution in [0.2, 0.25) is 0 Å². The van der Waals surface area contributed by atoms with Crippen molar-refractivity contribution in [1.29, 1.82) is 0 Å². The second-order valence-electron chi connectivity index (χ2n) is 3.89. The van der Waals surface area contributed by atoms with E-state index < -0.39 is 5.97 Å². The third kappa shape index (κ3) is 2.42. The van der Waals surface area contributed by atoms with E-state index in [9.17, 15) is 4.79 Å². The highest BCUT2D eigenvalue weighted by atomic mass is 79.9. The molecule has 88 valence electrons. The van der Waals surface area contributed by atoms with E-state index in [-0.39, 0.29) is 0 Å². The number of aryl methyl sites for hydroxylation is 2. The molecule has 17 heavy (non-hydrogen) atoms. The van der Waals surface area contributed by atoms with Gasteiger partial charge >= 0.3 is 5.97 Å². The summed E-state index contributed by atoms with van der Waals surface area (Å²) in [7, 11) is 0. The van der Waals surface area contributed by atoms with Crippen LogP contribution in [-0.4, -0.2) is 11.1 Å². The summed E-state index contributed by atoms with van der Waals surface area (Å²) in [6, 6.07) is 8.02. The standard InChI is InChI=1S/C13H11BrO2S/c1-7-3-4-9(5-8(7)2)11-6-10(14)12(17-11)13(15)16/h3-6H,1-2H3,(H,15,16). The van der Waals surface area contributed by atoms with E-state index in [2.05, 4.69) is 41.9 Å². The lowest BCUT2D eigenvalue weighted by Gasteiger charge is -2.02. The van der Waals surface area contributed by atoms with Crippen molar-refractivity contribution < 1.29 is 9.90 Å². The van der Waals surface area contributed by atoms with Gasteiger partial charge in [-0.1, -0.05) is 18.2 Å². The van der Waals surface area contributed by atoms with Crippen LogP contribution in [-0.2, 0) is 0 Å². The molecule has 0 bridgehead atoms. The molecule has 1 aromatic carbocycles. The molecule has 1 heterocycles. The van der Waals surface area contributed by atoms with E-state index in [1.807, 2.05) is 12.1 Å². The van der Waals surface area contributed by atoms with Crippen LogP contribution in [0, 0.1) is 13.8 Å². The number of aromatic carboxylic acids is 1. The molecular formula is C13H11BrO2S. The fourth-order valence-electron chi connectivity index (χ4n) is 1.55. The lowest BCUT2D eigenvalue weighted by atomic mass is 10.1. The molecule has 2 nitrogen and oxygen atoms in total. The van der Waals surface area contributed by atoms with Gasteiger partial charge in [0, 0.05) is 9.35 Å². The molecule has 0 spiro atoms. The van der Waals surface area contributed by atoms with Crippen LogP contribution in [0.5, 0.6) is 0 Å². The number of hydrogen-bond donors (Lipinski definition) is 1. The van der Waals surface area contributed by atoms with Gasteiger partial charge < -0.3 is 5.11 Å². The van der Waals surface area contributed by atoms with Crippen molar-refractivity contribution in [1.82, 2.24) is 0 Å². The molecule has 0 unspecified atom stereocenters. The Kier molecular flexibility index (Phi) is 3.35. The highest BCUT2D eigenvalue weighted by Gasteiger charge is 2.14. The first-order chi connectivity index (χ1) is 7.99. The van der Waals surface area contributed by atoms with E-state index >= 15 is 0 Å². The number of benzene rings is 1. The summed E-state index contributed by atoms with van der Waals surface area (Å²) in [6.45, 7) is 4.12. The molecule has 4 heteroatoms. The van der Waals surface area contributed by atoms with Crippen LogP contribution in [0.15, 0.2) is 28.7 Å². The lowest BCUT2D eigenvalue weighted by Crippen LogP contribution is -1.91. The molecule has 0 aliphatic heterocycles. The van der Waals surface area contributed by atoms with Crippen molar-refractivity contribution in [2.45, 2.75) is 13.8 Å². The Labute approximate surface area is 112 Å². The van der Waals surface area contributed by atoms with Gasteiger partial charge in [0.05, 0.1) is 0 Å².